The largest absolute Gasteiger partial charge is 0.444 e. The molecule has 0 aromatic rings. The Morgan fingerprint density at radius 3 is 2.39 bits per heavy atom. The molecule has 4 N–H and O–H groups in total. The Morgan fingerprint density at radius 2 is 1.94 bits per heavy atom. The van der Waals surface area contributed by atoms with Crippen molar-refractivity contribution in [3.63, 3.8) is 0 Å². The average molecular weight is 258 g/mol. The lowest BCUT2D eigenvalue weighted by atomic mass is 9.83. The van der Waals surface area contributed by atoms with E-state index in [1.807, 2.05) is 20.8 Å². The second-order valence-corrected chi connectivity index (χ2v) is 6.06. The fourth-order valence-electron chi connectivity index (χ4n) is 2.31. The molecule has 1 rings (SSSR count). The molecule has 1 unspecified atom stereocenters. The smallest absolute Gasteiger partial charge is 0.407 e. The van der Waals surface area contributed by atoms with Crippen molar-refractivity contribution >= 4 is 6.09 Å². The lowest BCUT2D eigenvalue weighted by Gasteiger charge is -2.32. The van der Waals surface area contributed by atoms with Crippen molar-refractivity contribution in [2.24, 2.45) is 11.7 Å². The van der Waals surface area contributed by atoms with Crippen molar-refractivity contribution in [2.75, 3.05) is 6.54 Å². The second kappa shape index (κ2) is 6.38. The maximum Gasteiger partial charge on any atom is 0.407 e. The van der Waals surface area contributed by atoms with Gasteiger partial charge in [0.1, 0.15) is 5.60 Å². The Morgan fingerprint density at radius 1 is 1.39 bits per heavy atom. The molecule has 5 heteroatoms. The first-order valence-corrected chi connectivity index (χ1v) is 6.69. The highest BCUT2D eigenvalue weighted by Gasteiger charge is 2.27. The molecule has 0 aliphatic heterocycles. The van der Waals surface area contributed by atoms with E-state index in [0.717, 1.165) is 25.7 Å². The lowest BCUT2D eigenvalue weighted by Crippen LogP contribution is -2.42. The standard InChI is InChI=1S/C13H26N2O3/c1-13(2,3)18-12(17)15-10-6-4-9(5-7-10)11(16)8-14/h9-11,16H,4-8,14H2,1-3H3,(H,15,17). The Bertz CT molecular complexity index is 268. The second-order valence-electron chi connectivity index (χ2n) is 6.06. The Labute approximate surface area is 109 Å². The van der Waals surface area contributed by atoms with Crippen LogP contribution in [0.15, 0.2) is 0 Å². The van der Waals surface area contributed by atoms with Crippen molar-refractivity contribution in [1.29, 1.82) is 0 Å². The van der Waals surface area contributed by atoms with Crippen LogP contribution in [0, 0.1) is 5.92 Å². The van der Waals surface area contributed by atoms with Crippen LogP contribution in [-0.2, 0) is 4.74 Å². The highest BCUT2D eigenvalue weighted by molar-refractivity contribution is 5.68. The monoisotopic (exact) mass is 258 g/mol. The summed E-state index contributed by atoms with van der Waals surface area (Å²) in [4.78, 5) is 11.6. The van der Waals surface area contributed by atoms with Crippen LogP contribution < -0.4 is 11.1 Å². The third kappa shape index (κ3) is 5.23. The first-order chi connectivity index (χ1) is 8.31. The van der Waals surface area contributed by atoms with E-state index in [-0.39, 0.29) is 18.1 Å². The van der Waals surface area contributed by atoms with Crippen molar-refractivity contribution in [2.45, 2.75) is 64.2 Å². The molecule has 0 heterocycles. The van der Waals surface area contributed by atoms with Gasteiger partial charge in [-0.1, -0.05) is 0 Å². The molecule has 0 aromatic heterocycles. The fourth-order valence-corrected chi connectivity index (χ4v) is 2.31. The van der Waals surface area contributed by atoms with Crippen molar-refractivity contribution in [1.82, 2.24) is 5.32 Å². The number of carbonyl (C=O) groups excluding carboxylic acids is 1. The van der Waals surface area contributed by atoms with E-state index >= 15 is 0 Å². The summed E-state index contributed by atoms with van der Waals surface area (Å²) >= 11 is 0. The molecule has 0 bridgehead atoms. The van der Waals surface area contributed by atoms with Crippen molar-refractivity contribution < 1.29 is 14.6 Å². The van der Waals surface area contributed by atoms with E-state index in [9.17, 15) is 9.90 Å². The summed E-state index contributed by atoms with van der Waals surface area (Å²) in [6.07, 6.45) is 2.79. The van der Waals surface area contributed by atoms with E-state index in [2.05, 4.69) is 5.32 Å². The summed E-state index contributed by atoms with van der Waals surface area (Å²) in [5, 5.41) is 12.5. The topological polar surface area (TPSA) is 84.6 Å². The van der Waals surface area contributed by atoms with E-state index < -0.39 is 11.7 Å². The Kier molecular flexibility index (Phi) is 5.41. The van der Waals surface area contributed by atoms with E-state index in [1.165, 1.54) is 0 Å². The predicted octanol–water partition coefficient (Wildman–Crippen LogP) is 1.39. The predicted molar refractivity (Wildman–Crippen MR) is 70.2 cm³/mol. The van der Waals surface area contributed by atoms with Gasteiger partial charge in [-0.05, 0) is 52.4 Å². The van der Waals surface area contributed by atoms with Crippen LogP contribution in [0.5, 0.6) is 0 Å². The van der Waals surface area contributed by atoms with Gasteiger partial charge in [0.05, 0.1) is 6.10 Å². The van der Waals surface area contributed by atoms with Gasteiger partial charge < -0.3 is 20.9 Å². The third-order valence-electron chi connectivity index (χ3n) is 3.28. The number of nitrogens with two attached hydrogens (primary N) is 1. The summed E-state index contributed by atoms with van der Waals surface area (Å²) < 4.78 is 5.22. The minimum Gasteiger partial charge on any atom is -0.444 e. The molecule has 0 saturated heterocycles. The SMILES string of the molecule is CC(C)(C)OC(=O)NC1CCC(C(O)CN)CC1. The van der Waals surface area contributed by atoms with Crippen LogP contribution in [0.4, 0.5) is 4.79 Å². The summed E-state index contributed by atoms with van der Waals surface area (Å²) in [7, 11) is 0. The van der Waals surface area contributed by atoms with Gasteiger partial charge in [-0.3, -0.25) is 0 Å². The first kappa shape index (κ1) is 15.2. The number of hydrogen-bond donors (Lipinski definition) is 3. The Balaban J connectivity index is 2.29. The zero-order valence-corrected chi connectivity index (χ0v) is 11.6. The molecule has 1 amide bonds. The van der Waals surface area contributed by atoms with Gasteiger partial charge in [0.25, 0.3) is 0 Å². The van der Waals surface area contributed by atoms with Gasteiger partial charge in [0.2, 0.25) is 0 Å². The van der Waals surface area contributed by atoms with E-state index in [1.54, 1.807) is 0 Å². The quantitative estimate of drug-likeness (QED) is 0.714. The number of hydrogen-bond acceptors (Lipinski definition) is 4. The third-order valence-corrected chi connectivity index (χ3v) is 3.28. The van der Waals surface area contributed by atoms with Crippen LogP contribution in [0.2, 0.25) is 0 Å². The molecule has 1 aliphatic carbocycles. The minimum atomic E-state index is -0.461. The van der Waals surface area contributed by atoms with E-state index in [4.69, 9.17) is 10.5 Å². The number of amides is 1. The zero-order valence-electron chi connectivity index (χ0n) is 11.6. The number of nitrogens with one attached hydrogen (secondary N) is 1. The molecule has 1 atom stereocenters. The molecule has 0 aromatic carbocycles. The highest BCUT2D eigenvalue weighted by atomic mass is 16.6. The molecular formula is C13H26N2O3. The molecule has 1 saturated carbocycles. The van der Waals surface area contributed by atoms with Gasteiger partial charge in [-0.2, -0.15) is 0 Å². The lowest BCUT2D eigenvalue weighted by molar-refractivity contribution is 0.0457. The molecule has 5 nitrogen and oxygen atoms in total. The number of rotatable bonds is 3. The minimum absolute atomic E-state index is 0.154. The maximum atomic E-state index is 11.6. The number of aliphatic hydroxyl groups excluding tert-OH is 1. The molecule has 18 heavy (non-hydrogen) atoms. The molecule has 1 fully saturated rings. The number of aliphatic hydroxyl groups is 1. The van der Waals surface area contributed by atoms with Crippen LogP contribution in [0.3, 0.4) is 0 Å². The maximum absolute atomic E-state index is 11.6. The number of ether oxygens (including phenoxy) is 1. The summed E-state index contributed by atoms with van der Waals surface area (Å²) in [6, 6.07) is 0.154. The Hall–Kier alpha value is -0.810. The van der Waals surface area contributed by atoms with Crippen LogP contribution >= 0.6 is 0 Å². The van der Waals surface area contributed by atoms with Gasteiger partial charge in [-0.15, -0.1) is 0 Å². The molecular weight excluding hydrogens is 232 g/mol. The van der Waals surface area contributed by atoms with Crippen molar-refractivity contribution in [3.05, 3.63) is 0 Å². The van der Waals surface area contributed by atoms with E-state index in [0.29, 0.717) is 6.54 Å². The summed E-state index contributed by atoms with van der Waals surface area (Å²) in [6.45, 7) is 5.86. The zero-order chi connectivity index (χ0) is 13.8. The molecule has 0 radical (unpaired) electrons. The first-order valence-electron chi connectivity index (χ1n) is 6.69. The number of carbonyl (C=O) groups is 1. The summed E-state index contributed by atoms with van der Waals surface area (Å²) in [5.41, 5.74) is 4.99. The number of alkyl carbamates (subject to hydrolysis) is 1. The van der Waals surface area contributed by atoms with Crippen LogP contribution in [0.1, 0.15) is 46.5 Å². The van der Waals surface area contributed by atoms with Crippen LogP contribution in [0.25, 0.3) is 0 Å². The highest BCUT2D eigenvalue weighted by Crippen LogP contribution is 2.26. The molecule has 1 aliphatic rings. The van der Waals surface area contributed by atoms with Gasteiger partial charge in [-0.25, -0.2) is 4.79 Å². The van der Waals surface area contributed by atoms with Gasteiger partial charge >= 0.3 is 6.09 Å². The molecule has 0 spiro atoms. The van der Waals surface area contributed by atoms with Crippen LogP contribution in [-0.4, -0.2) is 35.5 Å². The van der Waals surface area contributed by atoms with Gasteiger partial charge in [0.15, 0.2) is 0 Å². The average Bonchev–Trinajstić information content (AvgIpc) is 2.26. The normalized spacial score (nSPS) is 26.5. The molecule has 106 valence electrons. The summed E-state index contributed by atoms with van der Waals surface area (Å²) in [5.74, 6) is 0.270. The van der Waals surface area contributed by atoms with Gasteiger partial charge in [0, 0.05) is 12.6 Å². The fraction of sp³-hybridized carbons (Fsp3) is 0.923. The van der Waals surface area contributed by atoms with Crippen molar-refractivity contribution in [3.8, 4) is 0 Å².